The SMILES string of the molecule is CC1CC2CC(C1)C(NC(=O)c1cnc(N3CC4(CCOCC4)c4cc(-n5ncc6c5CCN(CC(F)(F)F)C6)ncc43)nc1C(C)(F)F)(C(=O)O)C2. The Morgan fingerprint density at radius 1 is 1.08 bits per heavy atom. The highest BCUT2D eigenvalue weighted by Crippen LogP contribution is 2.52. The third-order valence-electron chi connectivity index (χ3n) is 12.0. The predicted octanol–water partition coefficient (Wildman–Crippen LogP) is 5.30. The van der Waals surface area contributed by atoms with Crippen LogP contribution >= 0.6 is 0 Å². The minimum atomic E-state index is -4.31. The molecule has 3 aliphatic heterocycles. The van der Waals surface area contributed by atoms with E-state index in [1.165, 1.54) is 4.90 Å². The Morgan fingerprint density at radius 3 is 2.57 bits per heavy atom. The van der Waals surface area contributed by atoms with Gasteiger partial charge < -0.3 is 20.1 Å². The van der Waals surface area contributed by atoms with E-state index in [1.54, 1.807) is 22.0 Å². The zero-order valence-electron chi connectivity index (χ0n) is 29.4. The summed E-state index contributed by atoms with van der Waals surface area (Å²) in [5, 5.41) is 17.5. The highest BCUT2D eigenvalue weighted by molar-refractivity contribution is 5.99. The lowest BCUT2D eigenvalue weighted by atomic mass is 9.76. The van der Waals surface area contributed by atoms with Crippen LogP contribution in [0.15, 0.2) is 24.7 Å². The standard InChI is InChI=1S/C36H41F5N8O4/c1-20-9-21-11-23(10-20)35(13-21,31(51)52)46-30(50)24-15-43-32(45-29(24)33(2,37)38)48-18-34(4-7-53-8-5-34)25-12-28(42-16-27(25)48)49-26-3-6-47(19-36(39,40)41)17-22(26)14-44-49/h12,14-16,20-21,23H,3-11,13,17-19H2,1-2H3,(H,46,50)(H,51,52). The van der Waals surface area contributed by atoms with Crippen molar-refractivity contribution in [2.24, 2.45) is 17.8 Å². The maximum atomic E-state index is 15.4. The molecule has 2 N–H and O–H groups in total. The fraction of sp³-hybridized carbons (Fsp3) is 0.611. The van der Waals surface area contributed by atoms with Crippen LogP contribution in [0.4, 0.5) is 33.6 Å². The third kappa shape index (κ3) is 6.32. The van der Waals surface area contributed by atoms with E-state index >= 15 is 8.78 Å². The van der Waals surface area contributed by atoms with Crippen LogP contribution in [-0.2, 0) is 33.8 Å². The van der Waals surface area contributed by atoms with Gasteiger partial charge in [-0.2, -0.15) is 27.1 Å². The summed E-state index contributed by atoms with van der Waals surface area (Å²) in [5.74, 6) is -5.16. The number of amides is 1. The second-order valence-corrected chi connectivity index (χ2v) is 15.8. The summed E-state index contributed by atoms with van der Waals surface area (Å²) in [6, 6.07) is 1.89. The van der Waals surface area contributed by atoms with E-state index in [4.69, 9.17) is 4.74 Å². The number of halogens is 5. The summed E-state index contributed by atoms with van der Waals surface area (Å²) in [5.41, 5.74) is -0.415. The number of ether oxygens (including phenoxy) is 1. The quantitative estimate of drug-likeness (QED) is 0.307. The van der Waals surface area contributed by atoms with Crippen molar-refractivity contribution in [3.63, 3.8) is 0 Å². The summed E-state index contributed by atoms with van der Waals surface area (Å²) in [6.07, 6.45) is 3.86. The number of hydrogen-bond donors (Lipinski definition) is 2. The van der Waals surface area contributed by atoms with Crippen molar-refractivity contribution < 1.29 is 41.4 Å². The van der Waals surface area contributed by atoms with Crippen LogP contribution in [0.2, 0.25) is 0 Å². The average molecular weight is 745 g/mol. The summed E-state index contributed by atoms with van der Waals surface area (Å²) in [7, 11) is 0. The highest BCUT2D eigenvalue weighted by atomic mass is 19.4. The Balaban J connectivity index is 1.12. The van der Waals surface area contributed by atoms with Gasteiger partial charge in [0.1, 0.15) is 11.2 Å². The van der Waals surface area contributed by atoms with Gasteiger partial charge in [0.25, 0.3) is 11.8 Å². The second-order valence-electron chi connectivity index (χ2n) is 15.8. The van der Waals surface area contributed by atoms with Gasteiger partial charge >= 0.3 is 12.1 Å². The number of carboxylic acid groups (broad SMARTS) is 1. The minimum absolute atomic E-state index is 0.0584. The normalized spacial score (nSPS) is 26.8. The van der Waals surface area contributed by atoms with E-state index in [0.29, 0.717) is 81.8 Å². The smallest absolute Gasteiger partial charge is 0.401 e. The molecule has 12 nitrogen and oxygen atoms in total. The van der Waals surface area contributed by atoms with Gasteiger partial charge in [0, 0.05) is 63.4 Å². The maximum absolute atomic E-state index is 15.4. The number of alkyl halides is 5. The van der Waals surface area contributed by atoms with Crippen molar-refractivity contribution in [3.05, 3.63) is 52.7 Å². The van der Waals surface area contributed by atoms with Crippen molar-refractivity contribution in [1.82, 2.24) is 34.9 Å². The molecule has 2 bridgehead atoms. The number of hydrogen-bond acceptors (Lipinski definition) is 9. The van der Waals surface area contributed by atoms with E-state index in [9.17, 15) is 27.9 Å². The van der Waals surface area contributed by atoms with E-state index in [0.717, 1.165) is 23.9 Å². The number of carbonyl (C=O) groups is 2. The molecule has 3 aromatic heterocycles. The average Bonchev–Trinajstić information content (AvgIpc) is 3.73. The molecule has 53 heavy (non-hydrogen) atoms. The van der Waals surface area contributed by atoms with E-state index in [2.05, 4.69) is 32.3 Å². The molecule has 3 aromatic rings. The molecule has 1 amide bonds. The molecule has 0 aromatic carbocycles. The number of carboxylic acids is 1. The van der Waals surface area contributed by atoms with Gasteiger partial charge in [-0.25, -0.2) is 24.4 Å². The first kappa shape index (κ1) is 35.8. The van der Waals surface area contributed by atoms with Gasteiger partial charge in [0.15, 0.2) is 5.82 Å². The summed E-state index contributed by atoms with van der Waals surface area (Å²) >= 11 is 0. The molecule has 0 radical (unpaired) electrons. The summed E-state index contributed by atoms with van der Waals surface area (Å²) < 4.78 is 77.3. The van der Waals surface area contributed by atoms with Gasteiger partial charge in [-0.05, 0) is 67.9 Å². The Labute approximate surface area is 302 Å². The van der Waals surface area contributed by atoms with Gasteiger partial charge in [-0.3, -0.25) is 9.69 Å². The van der Waals surface area contributed by atoms with Crippen LogP contribution in [0.3, 0.4) is 0 Å². The number of anilines is 2. The summed E-state index contributed by atoms with van der Waals surface area (Å²) in [6.45, 7) is 3.27. The summed E-state index contributed by atoms with van der Waals surface area (Å²) in [4.78, 5) is 42.9. The second kappa shape index (κ2) is 12.7. The van der Waals surface area contributed by atoms with Crippen molar-refractivity contribution in [1.29, 1.82) is 0 Å². The first-order valence-corrected chi connectivity index (χ1v) is 18.1. The molecule has 2 aliphatic carbocycles. The molecule has 6 heterocycles. The van der Waals surface area contributed by atoms with Crippen LogP contribution in [-0.4, -0.2) is 91.2 Å². The number of nitrogens with zero attached hydrogens (tertiary/aromatic N) is 7. The van der Waals surface area contributed by atoms with Gasteiger partial charge in [-0.1, -0.05) is 6.92 Å². The largest absolute Gasteiger partial charge is 0.479 e. The molecule has 3 fully saturated rings. The monoisotopic (exact) mass is 744 g/mol. The molecule has 5 aliphatic rings. The Kier molecular flexibility index (Phi) is 8.55. The zero-order chi connectivity index (χ0) is 37.5. The van der Waals surface area contributed by atoms with Crippen molar-refractivity contribution in [2.75, 3.05) is 37.7 Å². The Hall–Kier alpha value is -4.25. The van der Waals surface area contributed by atoms with Gasteiger partial charge in [-0.15, -0.1) is 0 Å². The lowest BCUT2D eigenvalue weighted by Crippen LogP contribution is -2.57. The van der Waals surface area contributed by atoms with Crippen LogP contribution < -0.4 is 10.2 Å². The lowest BCUT2D eigenvalue weighted by molar-refractivity contribution is -0.148. The number of aromatic nitrogens is 5. The number of fused-ring (bicyclic) bond motifs is 5. The Bertz CT molecular complexity index is 1940. The highest BCUT2D eigenvalue weighted by Gasteiger charge is 2.56. The fourth-order valence-electron chi connectivity index (χ4n) is 9.69. The van der Waals surface area contributed by atoms with Crippen LogP contribution in [0.25, 0.3) is 5.82 Å². The van der Waals surface area contributed by atoms with Crippen LogP contribution in [0, 0.1) is 17.8 Å². The van der Waals surface area contributed by atoms with E-state index < -0.39 is 52.7 Å². The van der Waals surface area contributed by atoms with Crippen LogP contribution in [0.5, 0.6) is 0 Å². The molecule has 4 atom stereocenters. The molecule has 2 saturated carbocycles. The van der Waals surface area contributed by atoms with E-state index in [1.807, 2.05) is 6.07 Å². The van der Waals surface area contributed by atoms with Crippen molar-refractivity contribution in [3.8, 4) is 5.82 Å². The van der Waals surface area contributed by atoms with Gasteiger partial charge in [0.05, 0.1) is 35.9 Å². The topological polar surface area (TPSA) is 139 Å². The number of aliphatic carboxylic acids is 1. The molecular formula is C36H41F5N8O4. The minimum Gasteiger partial charge on any atom is -0.479 e. The van der Waals surface area contributed by atoms with Crippen LogP contribution in [0.1, 0.15) is 85.2 Å². The molecular weight excluding hydrogens is 703 g/mol. The molecule has 8 rings (SSSR count). The maximum Gasteiger partial charge on any atom is 0.401 e. The molecule has 17 heteroatoms. The lowest BCUT2D eigenvalue weighted by Gasteiger charge is -2.34. The molecule has 1 saturated heterocycles. The molecule has 284 valence electrons. The van der Waals surface area contributed by atoms with Gasteiger partial charge in [0.2, 0.25) is 5.95 Å². The van der Waals surface area contributed by atoms with Crippen molar-refractivity contribution in [2.45, 2.75) is 88.4 Å². The Morgan fingerprint density at radius 2 is 1.85 bits per heavy atom. The van der Waals surface area contributed by atoms with Crippen molar-refractivity contribution >= 4 is 23.5 Å². The fourth-order valence-corrected chi connectivity index (χ4v) is 9.69. The third-order valence-corrected chi connectivity index (χ3v) is 12.0. The predicted molar refractivity (Wildman–Crippen MR) is 179 cm³/mol. The zero-order valence-corrected chi connectivity index (χ0v) is 29.4. The first-order valence-electron chi connectivity index (χ1n) is 18.1. The number of nitrogens with one attached hydrogen (secondary N) is 1. The molecule has 4 unspecified atom stereocenters. The number of carbonyl (C=O) groups excluding carboxylic acids is 1. The van der Waals surface area contributed by atoms with E-state index in [-0.39, 0.29) is 37.3 Å². The first-order chi connectivity index (χ1) is 25.1. The number of pyridine rings is 1. The number of rotatable bonds is 7. The molecule has 1 spiro atoms.